The standard InChI is InChI=1S/C11H13BrO3/c1-3-7(11(13)14)8-5-4-6-9(12)10(8)15-2/h4-7H,3H2,1-2H3,(H,13,14). The highest BCUT2D eigenvalue weighted by atomic mass is 79.9. The third kappa shape index (κ3) is 2.50. The maximum atomic E-state index is 11.0. The molecule has 0 saturated carbocycles. The maximum Gasteiger partial charge on any atom is 0.311 e. The summed E-state index contributed by atoms with van der Waals surface area (Å²) in [5.74, 6) is -0.738. The van der Waals surface area contributed by atoms with Gasteiger partial charge in [0.25, 0.3) is 0 Å². The van der Waals surface area contributed by atoms with Gasteiger partial charge in [0.05, 0.1) is 17.5 Å². The molecule has 0 amide bonds. The molecule has 0 bridgehead atoms. The molecule has 1 rings (SSSR count). The zero-order valence-corrected chi connectivity index (χ0v) is 10.2. The van der Waals surface area contributed by atoms with Crippen molar-refractivity contribution in [2.45, 2.75) is 19.3 Å². The van der Waals surface area contributed by atoms with E-state index in [1.54, 1.807) is 6.07 Å². The molecule has 82 valence electrons. The van der Waals surface area contributed by atoms with Gasteiger partial charge in [-0.3, -0.25) is 4.79 Å². The maximum absolute atomic E-state index is 11.0. The van der Waals surface area contributed by atoms with Crippen LogP contribution in [-0.4, -0.2) is 18.2 Å². The smallest absolute Gasteiger partial charge is 0.311 e. The normalized spacial score (nSPS) is 12.2. The van der Waals surface area contributed by atoms with Crippen LogP contribution in [0.2, 0.25) is 0 Å². The van der Waals surface area contributed by atoms with Gasteiger partial charge in [-0.15, -0.1) is 0 Å². The number of carboxylic acids is 1. The van der Waals surface area contributed by atoms with Crippen molar-refractivity contribution in [3.63, 3.8) is 0 Å². The van der Waals surface area contributed by atoms with Crippen LogP contribution in [-0.2, 0) is 4.79 Å². The van der Waals surface area contributed by atoms with Crippen molar-refractivity contribution in [3.8, 4) is 5.75 Å². The van der Waals surface area contributed by atoms with Crippen LogP contribution in [0.25, 0.3) is 0 Å². The lowest BCUT2D eigenvalue weighted by molar-refractivity contribution is -0.138. The summed E-state index contributed by atoms with van der Waals surface area (Å²) < 4.78 is 5.98. The number of benzene rings is 1. The van der Waals surface area contributed by atoms with Crippen LogP contribution in [0.1, 0.15) is 24.8 Å². The summed E-state index contributed by atoms with van der Waals surface area (Å²) in [5.41, 5.74) is 0.710. The number of para-hydroxylation sites is 1. The van der Waals surface area contributed by atoms with E-state index in [0.29, 0.717) is 17.7 Å². The van der Waals surface area contributed by atoms with E-state index in [0.717, 1.165) is 4.47 Å². The number of methoxy groups -OCH3 is 1. The van der Waals surface area contributed by atoms with Crippen molar-refractivity contribution in [1.82, 2.24) is 0 Å². The number of hydrogen-bond donors (Lipinski definition) is 1. The molecule has 1 aromatic carbocycles. The fourth-order valence-electron chi connectivity index (χ4n) is 1.54. The topological polar surface area (TPSA) is 46.5 Å². The lowest BCUT2D eigenvalue weighted by atomic mass is 9.96. The third-order valence-electron chi connectivity index (χ3n) is 2.28. The van der Waals surface area contributed by atoms with Crippen molar-refractivity contribution in [3.05, 3.63) is 28.2 Å². The molecular weight excluding hydrogens is 260 g/mol. The van der Waals surface area contributed by atoms with Crippen LogP contribution in [0.4, 0.5) is 0 Å². The quantitative estimate of drug-likeness (QED) is 0.917. The molecule has 1 aromatic rings. The summed E-state index contributed by atoms with van der Waals surface area (Å²) in [4.78, 5) is 11.0. The lowest BCUT2D eigenvalue weighted by Gasteiger charge is -2.15. The molecule has 0 fully saturated rings. The number of hydrogen-bond acceptors (Lipinski definition) is 2. The van der Waals surface area contributed by atoms with E-state index in [1.165, 1.54) is 7.11 Å². The van der Waals surface area contributed by atoms with Crippen molar-refractivity contribution in [2.24, 2.45) is 0 Å². The Bertz CT molecular complexity index is 363. The number of aliphatic carboxylic acids is 1. The molecule has 1 unspecified atom stereocenters. The first-order valence-electron chi connectivity index (χ1n) is 4.67. The summed E-state index contributed by atoms with van der Waals surface area (Å²) in [6.07, 6.45) is 0.544. The molecule has 3 nitrogen and oxygen atoms in total. The average molecular weight is 273 g/mol. The average Bonchev–Trinajstić information content (AvgIpc) is 2.18. The first kappa shape index (κ1) is 12.0. The van der Waals surface area contributed by atoms with Gasteiger partial charge in [0.2, 0.25) is 0 Å². The fraction of sp³-hybridized carbons (Fsp3) is 0.364. The number of halogens is 1. The first-order valence-corrected chi connectivity index (χ1v) is 5.46. The van der Waals surface area contributed by atoms with Crippen molar-refractivity contribution < 1.29 is 14.6 Å². The largest absolute Gasteiger partial charge is 0.495 e. The van der Waals surface area contributed by atoms with Gasteiger partial charge in [-0.2, -0.15) is 0 Å². The second kappa shape index (κ2) is 5.16. The van der Waals surface area contributed by atoms with E-state index in [9.17, 15) is 4.79 Å². The zero-order valence-electron chi connectivity index (χ0n) is 8.66. The highest BCUT2D eigenvalue weighted by Gasteiger charge is 2.22. The summed E-state index contributed by atoms with van der Waals surface area (Å²) in [6, 6.07) is 5.43. The molecule has 0 aromatic heterocycles. The molecule has 0 radical (unpaired) electrons. The number of carboxylic acid groups (broad SMARTS) is 1. The Balaban J connectivity index is 3.22. The van der Waals surface area contributed by atoms with Crippen LogP contribution < -0.4 is 4.74 Å². The van der Waals surface area contributed by atoms with E-state index in [2.05, 4.69) is 15.9 Å². The van der Waals surface area contributed by atoms with Crippen LogP contribution >= 0.6 is 15.9 Å². The molecule has 1 N–H and O–H groups in total. The summed E-state index contributed by atoms with van der Waals surface area (Å²) in [5, 5.41) is 9.07. The molecule has 0 aliphatic carbocycles. The van der Waals surface area contributed by atoms with Gasteiger partial charge in [-0.05, 0) is 28.4 Å². The van der Waals surface area contributed by atoms with E-state index in [4.69, 9.17) is 9.84 Å². The molecule has 0 saturated heterocycles. The van der Waals surface area contributed by atoms with Crippen LogP contribution in [0, 0.1) is 0 Å². The van der Waals surface area contributed by atoms with Crippen LogP contribution in [0.5, 0.6) is 5.75 Å². The molecule has 0 aliphatic heterocycles. The Morgan fingerprint density at radius 3 is 2.73 bits per heavy atom. The SMILES string of the molecule is CCC(C(=O)O)c1cccc(Br)c1OC. The second-order valence-electron chi connectivity index (χ2n) is 3.16. The Labute approximate surface area is 97.2 Å². The number of rotatable bonds is 4. The molecule has 4 heteroatoms. The zero-order chi connectivity index (χ0) is 11.4. The Morgan fingerprint density at radius 1 is 1.60 bits per heavy atom. The van der Waals surface area contributed by atoms with Gasteiger partial charge in [-0.25, -0.2) is 0 Å². The minimum absolute atomic E-state index is 0.516. The first-order chi connectivity index (χ1) is 7.11. The van der Waals surface area contributed by atoms with E-state index >= 15 is 0 Å². The number of carbonyl (C=O) groups is 1. The second-order valence-corrected chi connectivity index (χ2v) is 4.02. The molecule has 0 spiro atoms. The predicted molar refractivity (Wildman–Crippen MR) is 61.4 cm³/mol. The Hall–Kier alpha value is -1.03. The van der Waals surface area contributed by atoms with Crippen molar-refractivity contribution >= 4 is 21.9 Å². The molecule has 0 heterocycles. The molecule has 0 aliphatic rings. The minimum atomic E-state index is -0.825. The predicted octanol–water partition coefficient (Wildman–Crippen LogP) is 3.04. The van der Waals surface area contributed by atoms with Crippen LogP contribution in [0.3, 0.4) is 0 Å². The monoisotopic (exact) mass is 272 g/mol. The summed E-state index contributed by atoms with van der Waals surface area (Å²) in [7, 11) is 1.54. The highest BCUT2D eigenvalue weighted by Crippen LogP contribution is 2.35. The Kier molecular flexibility index (Phi) is 4.15. The molecule has 15 heavy (non-hydrogen) atoms. The minimum Gasteiger partial charge on any atom is -0.495 e. The van der Waals surface area contributed by atoms with Crippen molar-refractivity contribution in [2.75, 3.05) is 7.11 Å². The number of ether oxygens (including phenoxy) is 1. The van der Waals surface area contributed by atoms with Gasteiger partial charge < -0.3 is 9.84 Å². The summed E-state index contributed by atoms with van der Waals surface area (Å²) in [6.45, 7) is 1.85. The van der Waals surface area contributed by atoms with E-state index in [1.807, 2.05) is 19.1 Å². The van der Waals surface area contributed by atoms with Gasteiger partial charge in [-0.1, -0.05) is 19.1 Å². The van der Waals surface area contributed by atoms with Crippen LogP contribution in [0.15, 0.2) is 22.7 Å². The van der Waals surface area contributed by atoms with Gasteiger partial charge in [0, 0.05) is 5.56 Å². The van der Waals surface area contributed by atoms with E-state index < -0.39 is 11.9 Å². The van der Waals surface area contributed by atoms with Crippen molar-refractivity contribution in [1.29, 1.82) is 0 Å². The van der Waals surface area contributed by atoms with E-state index in [-0.39, 0.29) is 0 Å². The fourth-order valence-corrected chi connectivity index (χ4v) is 2.09. The summed E-state index contributed by atoms with van der Waals surface area (Å²) >= 11 is 3.34. The lowest BCUT2D eigenvalue weighted by Crippen LogP contribution is -2.11. The van der Waals surface area contributed by atoms with Gasteiger partial charge in [0.1, 0.15) is 5.75 Å². The van der Waals surface area contributed by atoms with Gasteiger partial charge in [0.15, 0.2) is 0 Å². The molecule has 1 atom stereocenters. The van der Waals surface area contributed by atoms with Gasteiger partial charge >= 0.3 is 5.97 Å². The Morgan fingerprint density at radius 2 is 2.27 bits per heavy atom. The highest BCUT2D eigenvalue weighted by molar-refractivity contribution is 9.10. The third-order valence-corrected chi connectivity index (χ3v) is 2.91. The molecular formula is C11H13BrO3.